The van der Waals surface area contributed by atoms with Crippen molar-refractivity contribution in [3.8, 4) is 10.8 Å². The van der Waals surface area contributed by atoms with Crippen molar-refractivity contribution in [3.05, 3.63) is 75.4 Å². The Balaban J connectivity index is 1.74. The number of aryl methyl sites for hydroxylation is 2. The first-order valence-electron chi connectivity index (χ1n) is 8.63. The van der Waals surface area contributed by atoms with E-state index >= 15 is 0 Å². The van der Waals surface area contributed by atoms with Crippen molar-refractivity contribution in [1.29, 1.82) is 0 Å². The second kappa shape index (κ2) is 7.30. The number of imidazole rings is 1. The van der Waals surface area contributed by atoms with Gasteiger partial charge in [0.25, 0.3) is 0 Å². The Labute approximate surface area is 170 Å². The summed E-state index contributed by atoms with van der Waals surface area (Å²) in [6, 6.07) is 15.1. The minimum absolute atomic E-state index is 0.166. The Bertz CT molecular complexity index is 1200. The van der Waals surface area contributed by atoms with Gasteiger partial charge in [0.15, 0.2) is 4.88 Å². The third-order valence-corrected chi connectivity index (χ3v) is 5.85. The molecule has 0 spiro atoms. The van der Waals surface area contributed by atoms with E-state index in [0.29, 0.717) is 17.4 Å². The van der Waals surface area contributed by atoms with Gasteiger partial charge in [0.05, 0.1) is 11.0 Å². The average molecular weight is 413 g/mol. The molecule has 0 saturated heterocycles. The van der Waals surface area contributed by atoms with Gasteiger partial charge in [-0.25, -0.2) is 9.78 Å². The Morgan fingerprint density at radius 1 is 1.21 bits per heavy atom. The van der Waals surface area contributed by atoms with Crippen LogP contribution in [-0.2, 0) is 6.61 Å². The van der Waals surface area contributed by atoms with Crippen LogP contribution in [0.25, 0.3) is 16.0 Å². The largest absolute Gasteiger partial charge is 0.487 e. The lowest BCUT2D eigenvalue weighted by Gasteiger charge is -2.08. The predicted octanol–water partition coefficient (Wildman–Crippen LogP) is 5.63. The van der Waals surface area contributed by atoms with Crippen LogP contribution in [0.1, 0.15) is 26.6 Å². The predicted molar refractivity (Wildman–Crippen MR) is 111 cm³/mol. The molecule has 0 aliphatic carbocycles. The standard InChI is InChI=1S/C21H17ClN2O3S/c1-12-5-3-4-6-14(12)11-27-18-10-19(28-20(18)21(25)26)24-13(2)23-16-9-15(22)7-8-17(16)24/h3-10H,11H2,1-2H3,(H,25,26). The van der Waals surface area contributed by atoms with Gasteiger partial charge in [0.1, 0.15) is 23.2 Å². The lowest BCUT2D eigenvalue weighted by atomic mass is 10.1. The Morgan fingerprint density at radius 3 is 2.75 bits per heavy atom. The molecule has 0 aliphatic rings. The van der Waals surface area contributed by atoms with Gasteiger partial charge in [-0.15, -0.1) is 11.3 Å². The van der Waals surface area contributed by atoms with Gasteiger partial charge in [-0.3, -0.25) is 4.57 Å². The van der Waals surface area contributed by atoms with Crippen molar-refractivity contribution in [2.45, 2.75) is 20.5 Å². The van der Waals surface area contributed by atoms with E-state index in [1.165, 1.54) is 0 Å². The SMILES string of the molecule is Cc1ccccc1COc1cc(-n2c(C)nc3cc(Cl)ccc32)sc1C(=O)O. The lowest BCUT2D eigenvalue weighted by Crippen LogP contribution is -2.01. The zero-order valence-electron chi connectivity index (χ0n) is 15.3. The molecule has 7 heteroatoms. The highest BCUT2D eigenvalue weighted by atomic mass is 35.5. The summed E-state index contributed by atoms with van der Waals surface area (Å²) in [5.74, 6) is 0.0908. The van der Waals surface area contributed by atoms with E-state index in [9.17, 15) is 9.90 Å². The summed E-state index contributed by atoms with van der Waals surface area (Å²) in [5, 5.41) is 11.0. The number of hydrogen-bond donors (Lipinski definition) is 1. The maximum Gasteiger partial charge on any atom is 0.349 e. The van der Waals surface area contributed by atoms with Crippen LogP contribution >= 0.6 is 22.9 Å². The first-order chi connectivity index (χ1) is 13.4. The van der Waals surface area contributed by atoms with E-state index in [0.717, 1.165) is 44.3 Å². The molecule has 2 aromatic heterocycles. The Hall–Kier alpha value is -2.83. The zero-order valence-corrected chi connectivity index (χ0v) is 16.8. The number of aromatic carboxylic acids is 1. The highest BCUT2D eigenvalue weighted by molar-refractivity contribution is 7.16. The monoisotopic (exact) mass is 412 g/mol. The van der Waals surface area contributed by atoms with Gasteiger partial charge in [-0.05, 0) is 43.2 Å². The maximum absolute atomic E-state index is 11.8. The van der Waals surface area contributed by atoms with Crippen molar-refractivity contribution in [2.75, 3.05) is 0 Å². The topological polar surface area (TPSA) is 64.4 Å². The normalized spacial score (nSPS) is 11.1. The molecule has 4 rings (SSSR count). The fraction of sp³-hybridized carbons (Fsp3) is 0.143. The van der Waals surface area contributed by atoms with Crippen molar-refractivity contribution in [1.82, 2.24) is 9.55 Å². The number of aromatic nitrogens is 2. The number of hydrogen-bond acceptors (Lipinski definition) is 4. The molecule has 28 heavy (non-hydrogen) atoms. The lowest BCUT2D eigenvalue weighted by molar-refractivity contribution is 0.0697. The van der Waals surface area contributed by atoms with E-state index in [2.05, 4.69) is 4.98 Å². The van der Waals surface area contributed by atoms with Crippen LogP contribution in [0.2, 0.25) is 5.02 Å². The average Bonchev–Trinajstić information content (AvgIpc) is 3.20. The smallest absolute Gasteiger partial charge is 0.349 e. The molecular weight excluding hydrogens is 396 g/mol. The van der Waals surface area contributed by atoms with Gasteiger partial charge in [0, 0.05) is 11.1 Å². The van der Waals surface area contributed by atoms with Crippen LogP contribution in [0.5, 0.6) is 5.75 Å². The molecular formula is C21H17ClN2O3S. The van der Waals surface area contributed by atoms with E-state index in [1.54, 1.807) is 18.2 Å². The fourth-order valence-electron chi connectivity index (χ4n) is 3.11. The number of benzene rings is 2. The van der Waals surface area contributed by atoms with Crippen LogP contribution in [0.15, 0.2) is 48.5 Å². The minimum atomic E-state index is -1.01. The quantitative estimate of drug-likeness (QED) is 0.461. The summed E-state index contributed by atoms with van der Waals surface area (Å²) in [4.78, 5) is 16.5. The zero-order chi connectivity index (χ0) is 19.8. The number of carboxylic acid groups (broad SMARTS) is 1. The molecule has 0 radical (unpaired) electrons. The van der Waals surface area contributed by atoms with Crippen LogP contribution in [0.4, 0.5) is 0 Å². The van der Waals surface area contributed by atoms with E-state index in [-0.39, 0.29) is 4.88 Å². The van der Waals surface area contributed by atoms with E-state index < -0.39 is 5.97 Å². The fourth-order valence-corrected chi connectivity index (χ4v) is 4.28. The van der Waals surface area contributed by atoms with E-state index in [4.69, 9.17) is 16.3 Å². The second-order valence-corrected chi connectivity index (χ2v) is 7.89. The number of thiophene rings is 1. The molecule has 0 atom stereocenters. The number of rotatable bonds is 5. The number of nitrogens with zero attached hydrogens (tertiary/aromatic N) is 2. The first kappa shape index (κ1) is 18.5. The summed E-state index contributed by atoms with van der Waals surface area (Å²) in [6.45, 7) is 4.19. The van der Waals surface area contributed by atoms with Crippen molar-refractivity contribution in [3.63, 3.8) is 0 Å². The van der Waals surface area contributed by atoms with Gasteiger partial charge < -0.3 is 9.84 Å². The molecule has 0 unspecified atom stereocenters. The third kappa shape index (κ3) is 3.37. The number of carbonyl (C=O) groups is 1. The van der Waals surface area contributed by atoms with Gasteiger partial charge in [0.2, 0.25) is 0 Å². The summed E-state index contributed by atoms with van der Waals surface area (Å²) >= 11 is 7.23. The summed E-state index contributed by atoms with van der Waals surface area (Å²) < 4.78 is 7.81. The van der Waals surface area contributed by atoms with Crippen LogP contribution in [0.3, 0.4) is 0 Å². The second-order valence-electron chi connectivity index (χ2n) is 6.43. The molecule has 4 aromatic rings. The molecule has 2 heterocycles. The number of fused-ring (bicyclic) bond motifs is 1. The van der Waals surface area contributed by atoms with Crippen molar-refractivity contribution in [2.24, 2.45) is 0 Å². The molecule has 2 aromatic carbocycles. The van der Waals surface area contributed by atoms with E-state index in [1.807, 2.05) is 48.7 Å². The number of carboxylic acids is 1. The molecule has 0 amide bonds. The summed E-state index contributed by atoms with van der Waals surface area (Å²) in [6.07, 6.45) is 0. The maximum atomic E-state index is 11.8. The van der Waals surface area contributed by atoms with Gasteiger partial charge in [-0.1, -0.05) is 35.9 Å². The molecule has 142 valence electrons. The number of ether oxygens (including phenoxy) is 1. The summed E-state index contributed by atoms with van der Waals surface area (Å²) in [5.41, 5.74) is 3.75. The third-order valence-electron chi connectivity index (χ3n) is 4.53. The van der Waals surface area contributed by atoms with Crippen LogP contribution in [0, 0.1) is 13.8 Å². The van der Waals surface area contributed by atoms with Crippen molar-refractivity contribution >= 4 is 39.9 Å². The molecule has 1 N–H and O–H groups in total. The molecule has 0 bridgehead atoms. The van der Waals surface area contributed by atoms with Crippen LogP contribution < -0.4 is 4.74 Å². The summed E-state index contributed by atoms with van der Waals surface area (Å²) in [7, 11) is 0. The van der Waals surface area contributed by atoms with Gasteiger partial charge in [-0.2, -0.15) is 0 Å². The Morgan fingerprint density at radius 2 is 2.00 bits per heavy atom. The van der Waals surface area contributed by atoms with Crippen molar-refractivity contribution < 1.29 is 14.6 Å². The molecule has 0 aliphatic heterocycles. The number of halogens is 1. The highest BCUT2D eigenvalue weighted by Gasteiger charge is 2.20. The Kier molecular flexibility index (Phi) is 4.83. The van der Waals surface area contributed by atoms with Crippen LogP contribution in [-0.4, -0.2) is 20.6 Å². The highest BCUT2D eigenvalue weighted by Crippen LogP contribution is 2.35. The minimum Gasteiger partial charge on any atom is -0.487 e. The molecule has 0 saturated carbocycles. The van der Waals surface area contributed by atoms with Gasteiger partial charge >= 0.3 is 5.97 Å². The first-order valence-corrected chi connectivity index (χ1v) is 9.83. The molecule has 0 fully saturated rings. The molecule has 5 nitrogen and oxygen atoms in total.